The minimum Gasteiger partial charge on any atom is -0.399 e. The lowest BCUT2D eigenvalue weighted by atomic mass is 9.95. The van der Waals surface area contributed by atoms with E-state index in [-0.39, 0.29) is 10.9 Å². The van der Waals surface area contributed by atoms with Crippen molar-refractivity contribution in [2.24, 2.45) is 0 Å². The number of anilines is 1. The van der Waals surface area contributed by atoms with E-state index >= 15 is 0 Å². The third-order valence-corrected chi connectivity index (χ3v) is 3.20. The van der Waals surface area contributed by atoms with Crippen molar-refractivity contribution < 1.29 is 13.2 Å². The van der Waals surface area contributed by atoms with E-state index in [0.29, 0.717) is 10.4 Å². The first-order valence-electron chi connectivity index (χ1n) is 5.50. The van der Waals surface area contributed by atoms with E-state index in [9.17, 15) is 13.2 Å². The first kappa shape index (κ1) is 11.1. The van der Waals surface area contributed by atoms with Crippen LogP contribution in [0, 0.1) is 27.8 Å². The van der Waals surface area contributed by atoms with Gasteiger partial charge in [-0.25, -0.2) is 0 Å². The Labute approximate surface area is 101 Å². The fourth-order valence-electron chi connectivity index (χ4n) is 2.43. The molecular weight excluding hydrogens is 239 g/mol. The first-order valence-corrected chi connectivity index (χ1v) is 5.50. The van der Waals surface area contributed by atoms with Gasteiger partial charge in [0.05, 0.1) is 5.56 Å². The van der Waals surface area contributed by atoms with Crippen LogP contribution in [0.4, 0.5) is 18.9 Å². The van der Waals surface area contributed by atoms with Gasteiger partial charge >= 0.3 is 6.18 Å². The van der Waals surface area contributed by atoms with E-state index in [1.165, 1.54) is 0 Å². The summed E-state index contributed by atoms with van der Waals surface area (Å²) in [5.41, 5.74) is 6.00. The van der Waals surface area contributed by atoms with E-state index in [4.69, 9.17) is 5.73 Å². The summed E-state index contributed by atoms with van der Waals surface area (Å²) < 4.78 is 38.9. The minimum atomic E-state index is -4.37. The number of rotatable bonds is 0. The van der Waals surface area contributed by atoms with Gasteiger partial charge in [0.25, 0.3) is 0 Å². The second-order valence-corrected chi connectivity index (χ2v) is 4.54. The zero-order valence-electron chi connectivity index (χ0n) is 9.60. The maximum Gasteiger partial charge on any atom is 0.417 e. The molecule has 0 amide bonds. The Kier molecular flexibility index (Phi) is 2.03. The van der Waals surface area contributed by atoms with Crippen LogP contribution in [0.1, 0.15) is 11.1 Å². The van der Waals surface area contributed by atoms with Gasteiger partial charge in [0, 0.05) is 10.9 Å². The lowest BCUT2D eigenvalue weighted by Gasteiger charge is -2.14. The average Bonchev–Trinajstić information content (AvgIpc) is 2.25. The molecule has 0 aliphatic heterocycles. The molecule has 1 nitrogen and oxygen atoms in total. The summed E-state index contributed by atoms with van der Waals surface area (Å²) in [4.78, 5) is 0. The van der Waals surface area contributed by atoms with E-state index in [1.54, 1.807) is 12.1 Å². The molecule has 4 heteroatoms. The molecule has 0 radical (unpaired) electrons. The molecule has 1 aliphatic rings. The largest absolute Gasteiger partial charge is 0.417 e. The van der Waals surface area contributed by atoms with Crippen LogP contribution in [0.2, 0.25) is 0 Å². The lowest BCUT2D eigenvalue weighted by Crippen LogP contribution is -2.10. The average molecular weight is 249 g/mol. The highest BCUT2D eigenvalue weighted by molar-refractivity contribution is 5.48. The number of aryl methyl sites for hydroxylation is 1. The summed E-state index contributed by atoms with van der Waals surface area (Å²) >= 11 is 0. The van der Waals surface area contributed by atoms with Crippen LogP contribution >= 0.6 is 0 Å². The van der Waals surface area contributed by atoms with Gasteiger partial charge in [-0.15, -0.1) is 0 Å². The number of alkyl halides is 3. The number of benzene rings is 2. The molecule has 2 N–H and O–H groups in total. The predicted molar refractivity (Wildman–Crippen MR) is 62.4 cm³/mol. The van der Waals surface area contributed by atoms with Crippen molar-refractivity contribution in [2.45, 2.75) is 13.1 Å². The maximum atomic E-state index is 13.0. The molecule has 0 bridgehead atoms. The molecule has 92 valence electrons. The smallest absolute Gasteiger partial charge is 0.399 e. The van der Waals surface area contributed by atoms with Gasteiger partial charge < -0.3 is 5.73 Å². The lowest BCUT2D eigenvalue weighted by molar-refractivity contribution is -0.138. The molecule has 0 aromatic heterocycles. The Bertz CT molecular complexity index is 835. The van der Waals surface area contributed by atoms with E-state index < -0.39 is 11.7 Å². The molecule has 2 aromatic rings. The molecule has 2 aromatic carbocycles. The zero-order valence-corrected chi connectivity index (χ0v) is 9.60. The summed E-state index contributed by atoms with van der Waals surface area (Å²) in [5, 5.41) is 2.37. The highest BCUT2D eigenvalue weighted by atomic mass is 19.4. The molecule has 0 spiro atoms. The first-order chi connectivity index (χ1) is 8.38. The summed E-state index contributed by atoms with van der Waals surface area (Å²) in [7, 11) is 0. The molecule has 0 fully saturated rings. The van der Waals surface area contributed by atoms with Crippen LogP contribution < -0.4 is 5.73 Å². The molecule has 3 rings (SSSR count). The molecule has 0 saturated carbocycles. The van der Waals surface area contributed by atoms with Gasteiger partial charge in [-0.1, -0.05) is 23.8 Å². The van der Waals surface area contributed by atoms with Crippen molar-refractivity contribution >= 4 is 5.69 Å². The Hall–Kier alpha value is -1.97. The van der Waals surface area contributed by atoms with Crippen molar-refractivity contribution in [3.63, 3.8) is 0 Å². The normalized spacial score (nSPS) is 12.7. The topological polar surface area (TPSA) is 26.0 Å². The van der Waals surface area contributed by atoms with Crippen LogP contribution in [-0.2, 0) is 6.18 Å². The van der Waals surface area contributed by atoms with Crippen LogP contribution in [-0.4, -0.2) is 0 Å². The number of hydrogen-bond acceptors (Lipinski definition) is 1. The number of halogens is 3. The quantitative estimate of drug-likeness (QED) is 0.606. The summed E-state index contributed by atoms with van der Waals surface area (Å²) in [6.45, 7) is 1.86. The van der Waals surface area contributed by atoms with E-state index in [0.717, 1.165) is 16.8 Å². The van der Waals surface area contributed by atoms with Crippen molar-refractivity contribution in [1.82, 2.24) is 0 Å². The van der Waals surface area contributed by atoms with Crippen LogP contribution in [0.5, 0.6) is 0 Å². The molecule has 0 heterocycles. The molecule has 0 saturated heterocycles. The highest BCUT2D eigenvalue weighted by Gasteiger charge is 2.33. The Balaban J connectivity index is 2.54. The predicted octanol–water partition coefficient (Wildman–Crippen LogP) is 3.48. The maximum absolute atomic E-state index is 13.0. The third-order valence-electron chi connectivity index (χ3n) is 3.20. The summed E-state index contributed by atoms with van der Waals surface area (Å²) in [6, 6.07) is 8.11. The number of nitrogens with two attached hydrogens (primary N) is 1. The van der Waals surface area contributed by atoms with Crippen LogP contribution in [0.15, 0.2) is 30.3 Å². The number of nitrogen functional groups attached to an aromatic ring is 1. The Morgan fingerprint density at radius 2 is 1.67 bits per heavy atom. The van der Waals surface area contributed by atoms with Crippen molar-refractivity contribution in [3.8, 4) is 0 Å². The number of fused-ring (bicyclic) bond motifs is 2. The Morgan fingerprint density at radius 1 is 0.944 bits per heavy atom. The van der Waals surface area contributed by atoms with Gasteiger partial charge in [0.15, 0.2) is 0 Å². The molecule has 0 unspecified atom stereocenters. The van der Waals surface area contributed by atoms with Gasteiger partial charge in [0.2, 0.25) is 0 Å². The minimum absolute atomic E-state index is 0.146. The third kappa shape index (κ3) is 1.41. The monoisotopic (exact) mass is 249 g/mol. The second kappa shape index (κ2) is 3.28. The number of hydrogen-bond donors (Lipinski definition) is 1. The fourth-order valence-corrected chi connectivity index (χ4v) is 2.43. The van der Waals surface area contributed by atoms with Crippen molar-refractivity contribution in [2.75, 3.05) is 5.73 Å². The zero-order chi connectivity index (χ0) is 13.1. The van der Waals surface area contributed by atoms with Crippen molar-refractivity contribution in [1.29, 1.82) is 0 Å². The van der Waals surface area contributed by atoms with Gasteiger partial charge in [-0.2, -0.15) is 13.2 Å². The van der Waals surface area contributed by atoms with Gasteiger partial charge in [-0.05, 0) is 34.7 Å². The molecular formula is C14H10F3N. The summed E-state index contributed by atoms with van der Waals surface area (Å²) in [5.74, 6) is 0. The molecule has 18 heavy (non-hydrogen) atoms. The standard InChI is InChI=1S/C14H10F3N/c1-7-2-3-9-10(4-7)13-11(9)5-8(18)6-12(13)14(15,16)17/h2-6H,18H2,1H3. The van der Waals surface area contributed by atoms with Gasteiger partial charge in [-0.3, -0.25) is 0 Å². The SMILES string of the molecule is Cc1ccc2c(c1)=c1c(C(F)(F)F)cc(N)cc1=2. The van der Waals surface area contributed by atoms with Crippen LogP contribution in [0.25, 0.3) is 0 Å². The molecule has 0 atom stereocenters. The van der Waals surface area contributed by atoms with Gasteiger partial charge in [0.1, 0.15) is 0 Å². The Morgan fingerprint density at radius 3 is 2.33 bits per heavy atom. The summed E-state index contributed by atoms with van der Waals surface area (Å²) in [6.07, 6.45) is -4.37. The second-order valence-electron chi connectivity index (χ2n) is 4.54. The highest BCUT2D eigenvalue weighted by Crippen LogP contribution is 2.34. The van der Waals surface area contributed by atoms with Crippen LogP contribution in [0.3, 0.4) is 0 Å². The fraction of sp³-hybridized carbons (Fsp3) is 0.143. The van der Waals surface area contributed by atoms with Crippen molar-refractivity contribution in [3.05, 3.63) is 62.3 Å². The molecule has 1 aliphatic carbocycles. The van der Waals surface area contributed by atoms with E-state index in [1.807, 2.05) is 19.1 Å². The van der Waals surface area contributed by atoms with E-state index in [2.05, 4.69) is 0 Å².